The van der Waals surface area contributed by atoms with Crippen LogP contribution in [0.15, 0.2) is 30.3 Å². The Kier molecular flexibility index (Phi) is 6.48. The lowest BCUT2D eigenvalue weighted by atomic mass is 10.1. The first-order chi connectivity index (χ1) is 16.1. The molecule has 8 heteroatoms. The van der Waals surface area contributed by atoms with E-state index in [-0.39, 0.29) is 12.7 Å². The highest BCUT2D eigenvalue weighted by molar-refractivity contribution is 7.22. The molecule has 7 nitrogen and oxygen atoms in total. The van der Waals surface area contributed by atoms with E-state index in [1.165, 1.54) is 5.56 Å². The van der Waals surface area contributed by atoms with Gasteiger partial charge in [-0.3, -0.25) is 14.6 Å². The number of ether oxygens (including phenoxy) is 3. The summed E-state index contributed by atoms with van der Waals surface area (Å²) in [6.07, 6.45) is 1.18. The van der Waals surface area contributed by atoms with Crippen LogP contribution in [0.5, 0.6) is 11.5 Å². The number of hydrogen-bond donors (Lipinski definition) is 0. The summed E-state index contributed by atoms with van der Waals surface area (Å²) in [5.74, 6) is 1.47. The van der Waals surface area contributed by atoms with Gasteiger partial charge in [0.05, 0.1) is 29.9 Å². The molecule has 2 aromatic carbocycles. The van der Waals surface area contributed by atoms with Crippen LogP contribution in [0.2, 0.25) is 0 Å². The summed E-state index contributed by atoms with van der Waals surface area (Å²) < 4.78 is 17.5. The van der Waals surface area contributed by atoms with E-state index in [1.807, 2.05) is 23.1 Å². The molecule has 0 N–H and O–H groups in total. The van der Waals surface area contributed by atoms with E-state index in [0.29, 0.717) is 18.7 Å². The van der Waals surface area contributed by atoms with Crippen LogP contribution in [-0.4, -0.2) is 62.0 Å². The number of thiazole rings is 1. The SMILES string of the molecule is Cc1ccc(C)c2sc(N(CCCN3CCOCC3)C(=O)Cc3ccc4c(c3)OCO4)nc12. The number of aryl methyl sites for hydroxylation is 2. The van der Waals surface area contributed by atoms with Crippen molar-refractivity contribution in [1.82, 2.24) is 9.88 Å². The summed E-state index contributed by atoms with van der Waals surface area (Å²) in [6.45, 7) is 9.44. The molecule has 1 aromatic heterocycles. The second-order valence-electron chi connectivity index (χ2n) is 8.59. The second kappa shape index (κ2) is 9.67. The first-order valence-corrected chi connectivity index (χ1v) is 12.3. The molecule has 0 aliphatic carbocycles. The van der Waals surface area contributed by atoms with Gasteiger partial charge < -0.3 is 14.2 Å². The Morgan fingerprint density at radius 2 is 1.88 bits per heavy atom. The van der Waals surface area contributed by atoms with Crippen molar-refractivity contribution < 1.29 is 19.0 Å². The Hall–Kier alpha value is -2.68. The van der Waals surface area contributed by atoms with Gasteiger partial charge in [0.2, 0.25) is 12.7 Å². The third-order valence-electron chi connectivity index (χ3n) is 6.21. The summed E-state index contributed by atoms with van der Waals surface area (Å²) in [7, 11) is 0. The molecular weight excluding hydrogens is 438 g/mol. The zero-order chi connectivity index (χ0) is 22.8. The Morgan fingerprint density at radius 1 is 1.09 bits per heavy atom. The third kappa shape index (κ3) is 4.83. The van der Waals surface area contributed by atoms with E-state index >= 15 is 0 Å². The molecule has 0 bridgehead atoms. The molecule has 5 rings (SSSR count). The molecule has 3 aromatic rings. The molecule has 0 unspecified atom stereocenters. The van der Waals surface area contributed by atoms with E-state index in [9.17, 15) is 4.79 Å². The van der Waals surface area contributed by atoms with E-state index in [4.69, 9.17) is 19.2 Å². The summed E-state index contributed by atoms with van der Waals surface area (Å²) in [5.41, 5.74) is 4.23. The molecule has 0 saturated carbocycles. The minimum atomic E-state index is 0.0465. The zero-order valence-electron chi connectivity index (χ0n) is 19.1. The highest BCUT2D eigenvalue weighted by atomic mass is 32.1. The van der Waals surface area contributed by atoms with Gasteiger partial charge >= 0.3 is 0 Å². The average Bonchev–Trinajstić information content (AvgIpc) is 3.47. The number of rotatable bonds is 7. The number of nitrogens with zero attached hydrogens (tertiary/aromatic N) is 3. The van der Waals surface area contributed by atoms with E-state index in [1.54, 1.807) is 11.3 Å². The van der Waals surface area contributed by atoms with Crippen molar-refractivity contribution in [1.29, 1.82) is 0 Å². The maximum Gasteiger partial charge on any atom is 0.233 e. The quantitative estimate of drug-likeness (QED) is 0.525. The molecular formula is C25H29N3O4S. The van der Waals surface area contributed by atoms with Crippen LogP contribution in [-0.2, 0) is 16.0 Å². The highest BCUT2D eigenvalue weighted by Crippen LogP contribution is 2.35. The van der Waals surface area contributed by atoms with Gasteiger partial charge in [-0.15, -0.1) is 0 Å². The molecule has 2 aliphatic heterocycles. The molecule has 0 spiro atoms. The second-order valence-corrected chi connectivity index (χ2v) is 9.57. The molecule has 174 valence electrons. The number of benzene rings is 2. The number of carbonyl (C=O) groups is 1. The van der Waals surface area contributed by atoms with Crippen molar-refractivity contribution in [3.05, 3.63) is 47.0 Å². The maximum atomic E-state index is 13.5. The number of amides is 1. The van der Waals surface area contributed by atoms with Gasteiger partial charge in [0.25, 0.3) is 0 Å². The predicted molar refractivity (Wildman–Crippen MR) is 130 cm³/mol. The summed E-state index contributed by atoms with van der Waals surface area (Å²) in [4.78, 5) is 22.7. The van der Waals surface area contributed by atoms with Crippen molar-refractivity contribution in [3.8, 4) is 11.5 Å². The first-order valence-electron chi connectivity index (χ1n) is 11.4. The van der Waals surface area contributed by atoms with Crippen LogP contribution in [0.1, 0.15) is 23.1 Å². The van der Waals surface area contributed by atoms with Crippen molar-refractivity contribution in [2.45, 2.75) is 26.7 Å². The van der Waals surface area contributed by atoms with Crippen molar-refractivity contribution in [2.24, 2.45) is 0 Å². The van der Waals surface area contributed by atoms with E-state index in [0.717, 1.165) is 71.5 Å². The fourth-order valence-corrected chi connectivity index (χ4v) is 5.44. The molecule has 0 atom stereocenters. The molecule has 3 heterocycles. The van der Waals surface area contributed by atoms with E-state index in [2.05, 4.69) is 30.9 Å². The van der Waals surface area contributed by atoms with Crippen LogP contribution in [0, 0.1) is 13.8 Å². The standard InChI is InChI=1S/C25H29N3O4S/c1-17-4-5-18(2)24-23(17)26-25(33-24)28(9-3-8-27-10-12-30-13-11-27)22(29)15-19-6-7-20-21(14-19)32-16-31-20/h4-7,14H,3,8-13,15-16H2,1-2H3. The van der Waals surface area contributed by atoms with Crippen LogP contribution < -0.4 is 14.4 Å². The number of carbonyl (C=O) groups excluding carboxylic acids is 1. The van der Waals surface area contributed by atoms with Gasteiger partial charge in [0.15, 0.2) is 16.6 Å². The number of anilines is 1. The lowest BCUT2D eigenvalue weighted by Crippen LogP contribution is -2.39. The fourth-order valence-electron chi connectivity index (χ4n) is 4.29. The molecule has 2 aliphatic rings. The van der Waals surface area contributed by atoms with Crippen LogP contribution in [0.25, 0.3) is 10.2 Å². The smallest absolute Gasteiger partial charge is 0.233 e. The summed E-state index contributed by atoms with van der Waals surface area (Å²) in [5, 5.41) is 0.773. The van der Waals surface area contributed by atoms with Gasteiger partial charge in [-0.2, -0.15) is 0 Å². The normalized spacial score (nSPS) is 15.8. The maximum absolute atomic E-state index is 13.5. The monoisotopic (exact) mass is 467 g/mol. The van der Waals surface area contributed by atoms with Gasteiger partial charge in [0.1, 0.15) is 0 Å². The Morgan fingerprint density at radius 3 is 2.70 bits per heavy atom. The average molecular weight is 468 g/mol. The zero-order valence-corrected chi connectivity index (χ0v) is 20.0. The molecule has 0 radical (unpaired) electrons. The Balaban J connectivity index is 1.37. The van der Waals surface area contributed by atoms with E-state index < -0.39 is 0 Å². The summed E-state index contributed by atoms with van der Waals surface area (Å²) in [6, 6.07) is 9.93. The lowest BCUT2D eigenvalue weighted by Gasteiger charge is -2.27. The van der Waals surface area contributed by atoms with Crippen molar-refractivity contribution in [3.63, 3.8) is 0 Å². The topological polar surface area (TPSA) is 64.1 Å². The van der Waals surface area contributed by atoms with Gasteiger partial charge in [-0.25, -0.2) is 4.98 Å². The van der Waals surface area contributed by atoms with Crippen molar-refractivity contribution >= 4 is 32.6 Å². The number of fused-ring (bicyclic) bond motifs is 2. The molecule has 1 saturated heterocycles. The Labute approximate surface area is 197 Å². The predicted octanol–water partition coefficient (Wildman–Crippen LogP) is 3.94. The minimum absolute atomic E-state index is 0.0465. The first kappa shape index (κ1) is 22.1. The van der Waals surface area contributed by atoms with Crippen LogP contribution in [0.3, 0.4) is 0 Å². The fraction of sp³-hybridized carbons (Fsp3) is 0.440. The van der Waals surface area contributed by atoms with Gasteiger partial charge in [-0.05, 0) is 49.1 Å². The van der Waals surface area contributed by atoms with Crippen LogP contribution in [0.4, 0.5) is 5.13 Å². The van der Waals surface area contributed by atoms with Crippen LogP contribution >= 0.6 is 11.3 Å². The largest absolute Gasteiger partial charge is 0.454 e. The number of aromatic nitrogens is 1. The molecule has 1 amide bonds. The highest BCUT2D eigenvalue weighted by Gasteiger charge is 2.23. The third-order valence-corrected chi connectivity index (χ3v) is 7.43. The summed E-state index contributed by atoms with van der Waals surface area (Å²) >= 11 is 1.61. The van der Waals surface area contributed by atoms with Crippen molar-refractivity contribution in [2.75, 3.05) is 51.1 Å². The molecule has 1 fully saturated rings. The number of hydrogen-bond acceptors (Lipinski definition) is 7. The lowest BCUT2D eigenvalue weighted by molar-refractivity contribution is -0.118. The Bertz CT molecular complexity index is 1120. The number of morpholine rings is 1. The minimum Gasteiger partial charge on any atom is -0.454 e. The van der Waals surface area contributed by atoms with Gasteiger partial charge in [-0.1, -0.05) is 29.5 Å². The molecule has 33 heavy (non-hydrogen) atoms. The van der Waals surface area contributed by atoms with Gasteiger partial charge in [0, 0.05) is 26.2 Å².